The zero-order chi connectivity index (χ0) is 10.6. The van der Waals surface area contributed by atoms with Crippen molar-refractivity contribution in [2.24, 2.45) is 11.3 Å². The van der Waals surface area contributed by atoms with E-state index in [2.05, 4.69) is 17.6 Å². The monoisotopic (exact) mass is 220 g/mol. The van der Waals surface area contributed by atoms with Gasteiger partial charge < -0.3 is 15.7 Å². The zero-order valence-corrected chi connectivity index (χ0v) is 9.77. The highest BCUT2D eigenvalue weighted by molar-refractivity contribution is 6.21. The summed E-state index contributed by atoms with van der Waals surface area (Å²) in [7, 11) is 1.94. The van der Waals surface area contributed by atoms with E-state index in [0.29, 0.717) is 5.92 Å². The Morgan fingerprint density at radius 2 is 2.43 bits per heavy atom. The first-order chi connectivity index (χ1) is 6.67. The molecule has 1 heterocycles. The number of rotatable bonds is 4. The summed E-state index contributed by atoms with van der Waals surface area (Å²) in [6.45, 7) is 5.01. The van der Waals surface area contributed by atoms with E-state index in [4.69, 9.17) is 11.6 Å². The minimum absolute atomic E-state index is 0.0320. The maximum Gasteiger partial charge on any atom is 0.0542 e. The molecule has 14 heavy (non-hydrogen) atoms. The summed E-state index contributed by atoms with van der Waals surface area (Å²) in [6, 6.07) is 0. The lowest BCUT2D eigenvalue weighted by molar-refractivity contribution is 0.0417. The molecule has 0 spiro atoms. The third kappa shape index (κ3) is 2.22. The van der Waals surface area contributed by atoms with E-state index < -0.39 is 0 Å². The summed E-state index contributed by atoms with van der Waals surface area (Å²) in [6.07, 6.45) is 0.959. The molecule has 0 amide bonds. The first-order valence-electron chi connectivity index (χ1n) is 5.27. The van der Waals surface area contributed by atoms with Crippen molar-refractivity contribution < 1.29 is 5.11 Å². The van der Waals surface area contributed by atoms with Crippen molar-refractivity contribution in [1.82, 2.24) is 10.6 Å². The molecule has 1 aliphatic rings. The van der Waals surface area contributed by atoms with Gasteiger partial charge in [0, 0.05) is 12.0 Å². The van der Waals surface area contributed by atoms with Gasteiger partial charge in [0.1, 0.15) is 0 Å². The van der Waals surface area contributed by atoms with Crippen molar-refractivity contribution in [3.8, 4) is 0 Å². The Kier molecular flexibility index (Phi) is 4.64. The molecule has 1 saturated heterocycles. The quantitative estimate of drug-likeness (QED) is 0.602. The van der Waals surface area contributed by atoms with Crippen LogP contribution in [0.3, 0.4) is 0 Å². The summed E-state index contributed by atoms with van der Waals surface area (Å²) < 4.78 is 0. The minimum atomic E-state index is -0.115. The third-order valence-electron chi connectivity index (χ3n) is 3.50. The van der Waals surface area contributed by atoms with Crippen molar-refractivity contribution in [3.63, 3.8) is 0 Å². The summed E-state index contributed by atoms with van der Waals surface area (Å²) >= 11 is 6.32. The molecule has 3 unspecified atom stereocenters. The number of hydrogen-bond acceptors (Lipinski definition) is 3. The first-order valence-corrected chi connectivity index (χ1v) is 5.71. The first kappa shape index (κ1) is 12.2. The molecule has 1 rings (SSSR count). The van der Waals surface area contributed by atoms with Crippen molar-refractivity contribution in [1.29, 1.82) is 0 Å². The molecule has 0 radical (unpaired) electrons. The minimum Gasteiger partial charge on any atom is -0.396 e. The van der Waals surface area contributed by atoms with Crippen LogP contribution in [0.5, 0.6) is 0 Å². The van der Waals surface area contributed by atoms with Crippen LogP contribution < -0.4 is 10.6 Å². The van der Waals surface area contributed by atoms with E-state index in [9.17, 15) is 5.11 Å². The SMILES string of the molecule is CNCC(C)C1(CO)CCNCC1Cl. The van der Waals surface area contributed by atoms with Gasteiger partial charge in [0.2, 0.25) is 0 Å². The lowest BCUT2D eigenvalue weighted by atomic mass is 9.70. The molecule has 1 aliphatic heterocycles. The van der Waals surface area contributed by atoms with Gasteiger partial charge in [-0.1, -0.05) is 6.92 Å². The molecule has 0 aliphatic carbocycles. The van der Waals surface area contributed by atoms with E-state index >= 15 is 0 Å². The van der Waals surface area contributed by atoms with Gasteiger partial charge in [-0.2, -0.15) is 0 Å². The molecule has 1 fully saturated rings. The molecule has 0 aromatic carbocycles. The molecule has 0 aromatic rings. The van der Waals surface area contributed by atoms with Crippen LogP contribution in [0.15, 0.2) is 0 Å². The summed E-state index contributed by atoms with van der Waals surface area (Å²) in [5.74, 6) is 0.405. The number of piperidine rings is 1. The Bertz CT molecular complexity index is 180. The molecular formula is C10H21ClN2O. The third-order valence-corrected chi connectivity index (χ3v) is 4.09. The van der Waals surface area contributed by atoms with Crippen LogP contribution in [0.2, 0.25) is 0 Å². The van der Waals surface area contributed by atoms with Crippen LogP contribution in [-0.4, -0.2) is 43.8 Å². The van der Waals surface area contributed by atoms with E-state index in [0.717, 1.165) is 26.1 Å². The van der Waals surface area contributed by atoms with Crippen LogP contribution in [0.4, 0.5) is 0 Å². The van der Waals surface area contributed by atoms with E-state index in [-0.39, 0.29) is 17.4 Å². The molecule has 3 atom stereocenters. The van der Waals surface area contributed by atoms with Gasteiger partial charge >= 0.3 is 0 Å². The highest BCUT2D eigenvalue weighted by atomic mass is 35.5. The van der Waals surface area contributed by atoms with Crippen LogP contribution >= 0.6 is 11.6 Å². The highest BCUT2D eigenvalue weighted by Gasteiger charge is 2.43. The lowest BCUT2D eigenvalue weighted by Crippen LogP contribution is -2.53. The van der Waals surface area contributed by atoms with Crippen LogP contribution in [0.25, 0.3) is 0 Å². The Morgan fingerprint density at radius 1 is 1.71 bits per heavy atom. The van der Waals surface area contributed by atoms with Gasteiger partial charge in [-0.3, -0.25) is 0 Å². The van der Waals surface area contributed by atoms with Crippen molar-refractivity contribution in [3.05, 3.63) is 0 Å². The Balaban J connectivity index is 2.71. The van der Waals surface area contributed by atoms with E-state index in [1.165, 1.54) is 0 Å². The van der Waals surface area contributed by atoms with Crippen LogP contribution in [-0.2, 0) is 0 Å². The molecule has 3 N–H and O–H groups in total. The normalized spacial score (nSPS) is 35.6. The number of hydrogen-bond donors (Lipinski definition) is 3. The number of aliphatic hydroxyl groups is 1. The fourth-order valence-electron chi connectivity index (χ4n) is 2.31. The van der Waals surface area contributed by atoms with Crippen molar-refractivity contribution >= 4 is 11.6 Å². The topological polar surface area (TPSA) is 44.3 Å². The molecule has 4 heteroatoms. The maximum absolute atomic E-state index is 9.57. The number of aliphatic hydroxyl groups excluding tert-OH is 1. The number of alkyl halides is 1. The van der Waals surface area contributed by atoms with Gasteiger partial charge in [0.15, 0.2) is 0 Å². The predicted octanol–water partition coefficient (Wildman–Crippen LogP) is 0.421. The van der Waals surface area contributed by atoms with Gasteiger partial charge in [0.25, 0.3) is 0 Å². The molecule has 3 nitrogen and oxygen atoms in total. The second-order valence-electron chi connectivity index (χ2n) is 4.27. The number of halogens is 1. The molecule has 0 aromatic heterocycles. The lowest BCUT2D eigenvalue weighted by Gasteiger charge is -2.44. The van der Waals surface area contributed by atoms with Crippen molar-refractivity contribution in [2.75, 3.05) is 33.3 Å². The fourth-order valence-corrected chi connectivity index (χ4v) is 2.81. The van der Waals surface area contributed by atoms with Gasteiger partial charge in [-0.25, -0.2) is 0 Å². The second kappa shape index (κ2) is 5.31. The standard InChI is InChI=1S/C10H21ClN2O/c1-8(5-12-2)10(7-14)3-4-13-6-9(10)11/h8-9,12-14H,3-7H2,1-2H3. The highest BCUT2D eigenvalue weighted by Crippen LogP contribution is 2.39. The molecule has 0 bridgehead atoms. The smallest absolute Gasteiger partial charge is 0.0542 e. The Morgan fingerprint density at radius 3 is 2.93 bits per heavy atom. The van der Waals surface area contributed by atoms with Gasteiger partial charge in [-0.05, 0) is 32.5 Å². The number of nitrogens with one attached hydrogen (secondary N) is 2. The summed E-state index contributed by atoms with van der Waals surface area (Å²) in [5, 5.41) is 16.0. The Labute approximate surface area is 91.2 Å². The van der Waals surface area contributed by atoms with Gasteiger partial charge in [-0.15, -0.1) is 11.6 Å². The van der Waals surface area contributed by atoms with Crippen LogP contribution in [0, 0.1) is 11.3 Å². The molecule has 84 valence electrons. The van der Waals surface area contributed by atoms with E-state index in [1.807, 2.05) is 7.05 Å². The van der Waals surface area contributed by atoms with Crippen LogP contribution in [0.1, 0.15) is 13.3 Å². The second-order valence-corrected chi connectivity index (χ2v) is 4.80. The molecular weight excluding hydrogens is 200 g/mol. The van der Waals surface area contributed by atoms with E-state index in [1.54, 1.807) is 0 Å². The predicted molar refractivity (Wildman–Crippen MR) is 59.7 cm³/mol. The largest absolute Gasteiger partial charge is 0.396 e. The molecule has 0 saturated carbocycles. The summed E-state index contributed by atoms with van der Waals surface area (Å²) in [5.41, 5.74) is -0.115. The summed E-state index contributed by atoms with van der Waals surface area (Å²) in [4.78, 5) is 0. The van der Waals surface area contributed by atoms with Crippen molar-refractivity contribution in [2.45, 2.75) is 18.7 Å². The average molecular weight is 221 g/mol. The van der Waals surface area contributed by atoms with Gasteiger partial charge in [0.05, 0.1) is 12.0 Å². The maximum atomic E-state index is 9.57. The zero-order valence-electron chi connectivity index (χ0n) is 9.02. The Hall–Kier alpha value is 0.170. The average Bonchev–Trinajstić information content (AvgIpc) is 2.19. The fraction of sp³-hybridized carbons (Fsp3) is 1.00.